The number of nitriles is 2. The number of halogens is 3. The summed E-state index contributed by atoms with van der Waals surface area (Å²) < 4.78 is 32.1. The molecule has 0 aliphatic heterocycles. The van der Waals surface area contributed by atoms with Gasteiger partial charge in [0.2, 0.25) is 11.5 Å². The molecule has 4 aromatic carbocycles. The van der Waals surface area contributed by atoms with Crippen molar-refractivity contribution < 1.29 is 28.5 Å². The summed E-state index contributed by atoms with van der Waals surface area (Å²) >= 11 is 15.4. The molecular formula is C54H43BrCl2N10O10. The van der Waals surface area contributed by atoms with Gasteiger partial charge in [0.15, 0.2) is 0 Å². The molecule has 0 amide bonds. The third-order valence-corrected chi connectivity index (χ3v) is 12.1. The second kappa shape index (κ2) is 25.4. The van der Waals surface area contributed by atoms with Crippen molar-refractivity contribution in [2.75, 3.05) is 21.3 Å². The van der Waals surface area contributed by atoms with E-state index in [0.717, 1.165) is 17.2 Å². The molecule has 0 saturated heterocycles. The second-order valence-corrected chi connectivity index (χ2v) is 18.2. The van der Waals surface area contributed by atoms with Crippen LogP contribution in [0.1, 0.15) is 50.6 Å². The first-order chi connectivity index (χ1) is 37.0. The zero-order chi connectivity index (χ0) is 55.3. The average Bonchev–Trinajstić information content (AvgIpc) is 3.42. The first-order valence-electron chi connectivity index (χ1n) is 22.8. The van der Waals surface area contributed by atoms with Gasteiger partial charge < -0.3 is 23.7 Å². The summed E-state index contributed by atoms with van der Waals surface area (Å²) in [5.41, 5.74) is 2.15. The first-order valence-corrected chi connectivity index (χ1v) is 24.3. The van der Waals surface area contributed by atoms with Crippen LogP contribution in [0, 0.1) is 36.5 Å². The van der Waals surface area contributed by atoms with Crippen molar-refractivity contribution in [3.05, 3.63) is 222 Å². The summed E-state index contributed by atoms with van der Waals surface area (Å²) in [6.45, 7) is 3.59. The molecule has 77 heavy (non-hydrogen) atoms. The Kier molecular flexibility index (Phi) is 18.3. The van der Waals surface area contributed by atoms with Gasteiger partial charge in [0.1, 0.15) is 23.0 Å². The van der Waals surface area contributed by atoms with Crippen molar-refractivity contribution in [1.29, 1.82) is 10.5 Å². The molecule has 23 heteroatoms. The Balaban J connectivity index is 0.000000225. The highest BCUT2D eigenvalue weighted by molar-refractivity contribution is 9.10. The Morgan fingerprint density at radius 2 is 1.04 bits per heavy atom. The predicted octanol–water partition coefficient (Wildman–Crippen LogP) is 8.01. The van der Waals surface area contributed by atoms with Crippen LogP contribution in [0.5, 0.6) is 34.5 Å². The number of hydrogen-bond acceptors (Lipinski definition) is 16. The van der Waals surface area contributed by atoms with Crippen LogP contribution in [0.4, 0.5) is 0 Å². The molecule has 0 aliphatic rings. The number of hydrogen-bond donors (Lipinski definition) is 0. The molecule has 4 aromatic heterocycles. The highest BCUT2D eigenvalue weighted by atomic mass is 79.9. The van der Waals surface area contributed by atoms with Gasteiger partial charge in [0, 0.05) is 21.7 Å². The quantitative estimate of drug-likeness (QED) is 0.0656. The monoisotopic (exact) mass is 1140 g/mol. The number of methoxy groups -OCH3 is 3. The molecule has 4 heterocycles. The number of aryl methyl sites for hydroxylation is 2. The largest absolute Gasteiger partial charge is 0.497 e. The minimum absolute atomic E-state index is 0.00530. The van der Waals surface area contributed by atoms with Crippen LogP contribution in [0.3, 0.4) is 0 Å². The van der Waals surface area contributed by atoms with Gasteiger partial charge in [-0.25, -0.2) is 24.1 Å². The number of aromatic nitrogens is 8. The van der Waals surface area contributed by atoms with E-state index in [-0.39, 0.29) is 70.9 Å². The van der Waals surface area contributed by atoms with Gasteiger partial charge in [0.05, 0.1) is 111 Å². The topological polar surface area (TPSA) is 250 Å². The Bertz CT molecular complexity index is 3880. The normalized spacial score (nSPS) is 10.7. The third kappa shape index (κ3) is 14.4. The lowest BCUT2D eigenvalue weighted by Crippen LogP contribution is -2.29. The van der Waals surface area contributed by atoms with E-state index >= 15 is 0 Å². The van der Waals surface area contributed by atoms with Crippen LogP contribution in [-0.2, 0) is 35.7 Å². The minimum Gasteiger partial charge on any atom is -0.497 e. The lowest BCUT2D eigenvalue weighted by atomic mass is 10.2. The highest BCUT2D eigenvalue weighted by Crippen LogP contribution is 2.27. The van der Waals surface area contributed by atoms with Crippen molar-refractivity contribution >= 4 is 51.2 Å². The number of nitrogens with zero attached hydrogens (tertiary/aromatic N) is 10. The summed E-state index contributed by atoms with van der Waals surface area (Å²) in [7, 11) is 4.37. The van der Waals surface area contributed by atoms with Crippen molar-refractivity contribution in [2.45, 2.75) is 40.0 Å². The number of carbonyl (C=O) groups is 1. The van der Waals surface area contributed by atoms with Gasteiger partial charge in [-0.15, -0.1) is 0 Å². The molecule has 8 rings (SSSR count). The number of rotatable bonds is 16. The molecular weight excluding hydrogens is 1100 g/mol. The van der Waals surface area contributed by atoms with E-state index in [1.165, 1.54) is 86.8 Å². The van der Waals surface area contributed by atoms with Crippen molar-refractivity contribution in [3.63, 3.8) is 0 Å². The van der Waals surface area contributed by atoms with Crippen LogP contribution < -0.4 is 41.2 Å². The number of carbonyl (C=O) groups excluding carboxylic acids is 1. The summed E-state index contributed by atoms with van der Waals surface area (Å²) in [6.07, 6.45) is 5.19. The van der Waals surface area contributed by atoms with Crippen LogP contribution in [0.25, 0.3) is 6.08 Å². The van der Waals surface area contributed by atoms with E-state index in [4.69, 9.17) is 47.4 Å². The van der Waals surface area contributed by atoms with Crippen molar-refractivity contribution in [3.8, 4) is 46.6 Å². The zero-order valence-corrected chi connectivity index (χ0v) is 44.7. The highest BCUT2D eigenvalue weighted by Gasteiger charge is 2.18. The van der Waals surface area contributed by atoms with E-state index < -0.39 is 22.6 Å². The molecule has 0 aliphatic carbocycles. The number of ether oxygens (including phenoxy) is 5. The molecule has 390 valence electrons. The Morgan fingerprint density at radius 3 is 1.47 bits per heavy atom. The first kappa shape index (κ1) is 55.6. The van der Waals surface area contributed by atoms with Gasteiger partial charge in [-0.2, -0.15) is 20.7 Å². The van der Waals surface area contributed by atoms with Crippen molar-refractivity contribution in [2.24, 2.45) is 0 Å². The SMILES string of the molecule is COC(=O)/C=C/c1cc(Cn2cnc(C)c(Oc3cc(Cl)cc(C#N)c3)c2=O)nn(Cc2ccc(OC)cc2)c1=O.COc1ccc(Cn2nc(Cn3cnc(C)c(Oc4cc(Cl)cc(C#N)c4)c3=O)cc(Br)c2=O)cc1. The molecule has 0 N–H and O–H groups in total. The van der Waals surface area contributed by atoms with E-state index in [1.54, 1.807) is 70.5 Å². The molecule has 0 bridgehead atoms. The fraction of sp³-hybridized carbons (Fsp3) is 0.167. The van der Waals surface area contributed by atoms with Gasteiger partial charge in [-0.3, -0.25) is 28.3 Å². The summed E-state index contributed by atoms with van der Waals surface area (Å²) in [4.78, 5) is 72.7. The number of esters is 1. The Labute approximate surface area is 456 Å². The lowest BCUT2D eigenvalue weighted by molar-refractivity contribution is -0.134. The third-order valence-electron chi connectivity index (χ3n) is 11.1. The standard InChI is InChI=1S/C29H24ClN5O6.C25H19BrClN5O4/c1-18-27(41-25-11-20(14-31)10-22(30)13-25)29(38)34(17-32-18)16-23-12-21(6-9-26(36)40-3)28(37)35(33-23)15-19-4-7-24(39-2)8-5-19;1-15-23(36-21-8-17(11-28)7-18(27)9-21)25(34)31(14-29-15)13-19-10-22(26)24(33)32(30-19)12-16-3-5-20(35-2)6-4-16/h4-13,17H,15-16H2,1-3H3;3-10,14H,12-13H2,1-2H3/b9-6+;. The fourth-order valence-electron chi connectivity index (χ4n) is 7.22. The Hall–Kier alpha value is -9.15. The molecule has 0 spiro atoms. The molecule has 0 atom stereocenters. The molecule has 0 unspecified atom stereocenters. The average molecular weight is 1140 g/mol. The van der Waals surface area contributed by atoms with Gasteiger partial charge >= 0.3 is 5.97 Å². The van der Waals surface area contributed by atoms with Gasteiger partial charge in [0.25, 0.3) is 22.2 Å². The minimum atomic E-state index is -0.634. The lowest BCUT2D eigenvalue weighted by Gasteiger charge is -2.13. The van der Waals surface area contributed by atoms with E-state index in [9.17, 15) is 29.2 Å². The molecule has 0 radical (unpaired) electrons. The smallest absolute Gasteiger partial charge is 0.330 e. The maximum atomic E-state index is 13.4. The van der Waals surface area contributed by atoms with E-state index in [2.05, 4.69) is 40.8 Å². The van der Waals surface area contributed by atoms with Gasteiger partial charge in [-0.1, -0.05) is 47.5 Å². The van der Waals surface area contributed by atoms with Crippen LogP contribution >= 0.6 is 39.1 Å². The molecule has 8 aromatic rings. The molecule has 0 saturated carbocycles. The maximum Gasteiger partial charge on any atom is 0.330 e. The summed E-state index contributed by atoms with van der Waals surface area (Å²) in [5, 5.41) is 27.9. The van der Waals surface area contributed by atoms with Gasteiger partial charge in [-0.05, 0) is 120 Å². The second-order valence-electron chi connectivity index (χ2n) is 16.5. The van der Waals surface area contributed by atoms with Crippen LogP contribution in [-0.4, -0.2) is 66.0 Å². The van der Waals surface area contributed by atoms with E-state index in [1.807, 2.05) is 24.3 Å². The van der Waals surface area contributed by atoms with Crippen molar-refractivity contribution in [1.82, 2.24) is 38.7 Å². The fourth-order valence-corrected chi connectivity index (χ4v) is 8.14. The van der Waals surface area contributed by atoms with E-state index in [0.29, 0.717) is 49.3 Å². The Morgan fingerprint density at radius 1 is 0.597 bits per heavy atom. The zero-order valence-electron chi connectivity index (χ0n) is 41.6. The van der Waals surface area contributed by atoms with Crippen LogP contribution in [0.15, 0.2) is 139 Å². The molecule has 0 fully saturated rings. The maximum absolute atomic E-state index is 13.4. The summed E-state index contributed by atoms with van der Waals surface area (Å²) in [5.74, 6) is 1.12. The number of benzene rings is 4. The summed E-state index contributed by atoms with van der Waals surface area (Å²) in [6, 6.07) is 30.4. The van der Waals surface area contributed by atoms with Crippen LogP contribution in [0.2, 0.25) is 10.0 Å². The predicted molar refractivity (Wildman–Crippen MR) is 287 cm³/mol. The molecule has 20 nitrogen and oxygen atoms in total.